The molecule has 2 bridgehead atoms. The van der Waals surface area contributed by atoms with E-state index in [1.54, 1.807) is 34.6 Å². The lowest BCUT2D eigenvalue weighted by molar-refractivity contribution is -0.155. The number of likely N-dealkylation sites (tertiary alicyclic amines) is 1. The van der Waals surface area contributed by atoms with Gasteiger partial charge < -0.3 is 19.6 Å². The van der Waals surface area contributed by atoms with Gasteiger partial charge in [0.05, 0.1) is 23.2 Å². The van der Waals surface area contributed by atoms with Gasteiger partial charge in [0, 0.05) is 31.0 Å². The Morgan fingerprint density at radius 1 is 1.22 bits per heavy atom. The van der Waals surface area contributed by atoms with Gasteiger partial charge in [-0.25, -0.2) is 0 Å². The Bertz CT molecular complexity index is 1000. The number of hydrogen-bond acceptors (Lipinski definition) is 6. The molecule has 1 aromatic carbocycles. The van der Waals surface area contributed by atoms with Crippen LogP contribution in [0.1, 0.15) is 57.9 Å². The van der Waals surface area contributed by atoms with Crippen molar-refractivity contribution < 1.29 is 24.2 Å². The van der Waals surface area contributed by atoms with Gasteiger partial charge in [0.1, 0.15) is 6.04 Å². The summed E-state index contributed by atoms with van der Waals surface area (Å²) in [6, 6.07) is 9.23. The van der Waals surface area contributed by atoms with Crippen LogP contribution in [0.5, 0.6) is 0 Å². The highest BCUT2D eigenvalue weighted by atomic mass is 32.2. The van der Waals surface area contributed by atoms with Gasteiger partial charge in [0.2, 0.25) is 11.8 Å². The van der Waals surface area contributed by atoms with Crippen LogP contribution in [-0.2, 0) is 25.7 Å². The van der Waals surface area contributed by atoms with E-state index in [-0.39, 0.29) is 31.0 Å². The molecule has 8 heteroatoms. The molecular formula is C29H40N2O5S. The van der Waals surface area contributed by atoms with Crippen LogP contribution in [0.15, 0.2) is 43.0 Å². The molecule has 2 amide bonds. The number of carbonyl (C=O) groups is 3. The van der Waals surface area contributed by atoms with Crippen molar-refractivity contribution in [2.75, 3.05) is 26.3 Å². The number of thioether (sulfide) groups is 1. The normalized spacial score (nSPS) is 29.9. The van der Waals surface area contributed by atoms with E-state index in [2.05, 4.69) is 13.5 Å². The van der Waals surface area contributed by atoms with E-state index in [1.807, 2.05) is 30.3 Å². The number of ether oxygens (including phenoxy) is 1. The quantitative estimate of drug-likeness (QED) is 0.238. The Labute approximate surface area is 224 Å². The molecular weight excluding hydrogens is 488 g/mol. The Kier molecular flexibility index (Phi) is 8.69. The number of carbonyl (C=O) groups excluding carboxylic acids is 3. The number of benzene rings is 1. The maximum Gasteiger partial charge on any atom is 0.311 e. The first-order chi connectivity index (χ1) is 17.8. The van der Waals surface area contributed by atoms with Crippen LogP contribution in [-0.4, -0.2) is 74.5 Å². The number of esters is 1. The van der Waals surface area contributed by atoms with E-state index in [1.165, 1.54) is 0 Å². The third-order valence-electron chi connectivity index (χ3n) is 8.24. The van der Waals surface area contributed by atoms with Gasteiger partial charge in [-0.15, -0.1) is 18.3 Å². The number of aliphatic hydroxyl groups excluding tert-OH is 1. The van der Waals surface area contributed by atoms with E-state index in [4.69, 9.17) is 9.84 Å². The maximum absolute atomic E-state index is 14.4. The monoisotopic (exact) mass is 528 g/mol. The number of unbranched alkanes of at least 4 members (excludes halogenated alkanes) is 3. The third kappa shape index (κ3) is 5.07. The fourth-order valence-corrected chi connectivity index (χ4v) is 8.99. The van der Waals surface area contributed by atoms with Crippen LogP contribution in [0.4, 0.5) is 0 Å². The summed E-state index contributed by atoms with van der Waals surface area (Å²) in [4.78, 5) is 45.2. The Hall–Kier alpha value is -2.32. The molecule has 37 heavy (non-hydrogen) atoms. The van der Waals surface area contributed by atoms with E-state index in [0.717, 1.165) is 44.1 Å². The molecule has 1 aromatic rings. The van der Waals surface area contributed by atoms with Gasteiger partial charge >= 0.3 is 5.97 Å². The average molecular weight is 529 g/mol. The van der Waals surface area contributed by atoms with Crippen molar-refractivity contribution in [2.45, 2.75) is 74.5 Å². The van der Waals surface area contributed by atoms with Crippen LogP contribution >= 0.6 is 11.8 Å². The Morgan fingerprint density at radius 2 is 1.95 bits per heavy atom. The third-order valence-corrected chi connectivity index (χ3v) is 10.2. The first kappa shape index (κ1) is 27.7. The Balaban J connectivity index is 1.68. The minimum absolute atomic E-state index is 0.0729. The highest BCUT2D eigenvalue weighted by molar-refractivity contribution is 8.02. The molecule has 0 aliphatic carbocycles. The molecule has 7 nitrogen and oxygen atoms in total. The van der Waals surface area contributed by atoms with Gasteiger partial charge in [0.15, 0.2) is 0 Å². The topological polar surface area (TPSA) is 87.2 Å². The van der Waals surface area contributed by atoms with Crippen LogP contribution in [0.3, 0.4) is 0 Å². The minimum Gasteiger partial charge on any atom is -0.466 e. The number of hydrogen-bond donors (Lipinski definition) is 1. The summed E-state index contributed by atoms with van der Waals surface area (Å²) in [5.41, 5.74) is 1.02. The summed E-state index contributed by atoms with van der Waals surface area (Å²) in [6.45, 7) is 9.44. The lowest BCUT2D eigenvalue weighted by atomic mass is 9.66. The second-order valence-corrected chi connectivity index (χ2v) is 12.5. The zero-order chi connectivity index (χ0) is 26.6. The van der Waals surface area contributed by atoms with Crippen molar-refractivity contribution in [2.24, 2.45) is 11.8 Å². The molecule has 3 aliphatic rings. The zero-order valence-corrected chi connectivity index (χ0v) is 22.9. The summed E-state index contributed by atoms with van der Waals surface area (Å²) in [5, 5.41) is 9.13. The van der Waals surface area contributed by atoms with E-state index in [0.29, 0.717) is 19.6 Å². The van der Waals surface area contributed by atoms with E-state index in [9.17, 15) is 14.4 Å². The van der Waals surface area contributed by atoms with E-state index >= 15 is 0 Å². The number of fused-ring (bicyclic) bond motifs is 1. The predicted octanol–water partition coefficient (Wildman–Crippen LogP) is 3.80. The number of amides is 2. The fourth-order valence-electron chi connectivity index (χ4n) is 6.65. The largest absolute Gasteiger partial charge is 0.466 e. The van der Waals surface area contributed by atoms with Gasteiger partial charge in [0.25, 0.3) is 0 Å². The zero-order valence-electron chi connectivity index (χ0n) is 22.1. The molecule has 4 rings (SSSR count). The smallest absolute Gasteiger partial charge is 0.311 e. The summed E-state index contributed by atoms with van der Waals surface area (Å²) in [7, 11) is 0. The highest BCUT2D eigenvalue weighted by Crippen LogP contribution is 2.71. The summed E-state index contributed by atoms with van der Waals surface area (Å²) < 4.78 is 4.41. The molecule has 2 unspecified atom stereocenters. The fraction of sp³-hybridized carbons (Fsp3) is 0.621. The van der Waals surface area contributed by atoms with Gasteiger partial charge in [-0.05, 0) is 45.1 Å². The van der Waals surface area contributed by atoms with Crippen molar-refractivity contribution in [1.29, 1.82) is 0 Å². The molecule has 0 aromatic heterocycles. The summed E-state index contributed by atoms with van der Waals surface area (Å²) in [5.74, 6) is -1.58. The Morgan fingerprint density at radius 3 is 2.62 bits per heavy atom. The molecule has 5 atom stereocenters. The highest BCUT2D eigenvalue weighted by Gasteiger charge is 2.77. The lowest BCUT2D eigenvalue weighted by Crippen LogP contribution is -2.54. The molecule has 0 radical (unpaired) electrons. The predicted molar refractivity (Wildman–Crippen MR) is 145 cm³/mol. The molecule has 1 N–H and O–H groups in total. The van der Waals surface area contributed by atoms with Crippen LogP contribution in [0.2, 0.25) is 0 Å². The molecule has 3 saturated heterocycles. The molecule has 1 spiro atoms. The average Bonchev–Trinajstić information content (AvgIpc) is 3.45. The molecule has 3 aliphatic heterocycles. The minimum atomic E-state index is -0.637. The van der Waals surface area contributed by atoms with Crippen molar-refractivity contribution in [3.8, 4) is 0 Å². The van der Waals surface area contributed by atoms with Crippen LogP contribution in [0.25, 0.3) is 0 Å². The lowest BCUT2D eigenvalue weighted by Gasteiger charge is -2.37. The summed E-state index contributed by atoms with van der Waals surface area (Å²) in [6.07, 6.45) is 6.46. The van der Waals surface area contributed by atoms with Crippen LogP contribution < -0.4 is 0 Å². The van der Waals surface area contributed by atoms with E-state index < -0.39 is 27.4 Å². The van der Waals surface area contributed by atoms with Crippen molar-refractivity contribution >= 4 is 29.5 Å². The number of rotatable bonds is 13. The standard InChI is InChI=1S/C29H40N2O5S/c1-4-17-30(20-21-13-9-8-10-14-21)26(34)24-29-16-15-28(3,37-29)23(27(35)36-5-2)22(29)25(33)31(24)18-11-6-7-12-19-32/h4,8-10,13-14,22-24,32H,1,5-7,11-12,15-20H2,2-3H3/t22-,23-,24?,28+,29?/m0/s1. The maximum atomic E-state index is 14.4. The van der Waals surface area contributed by atoms with Crippen molar-refractivity contribution in [1.82, 2.24) is 9.80 Å². The number of nitrogens with zero attached hydrogens (tertiary/aromatic N) is 2. The van der Waals surface area contributed by atoms with Gasteiger partial charge in [-0.2, -0.15) is 0 Å². The SMILES string of the molecule is C=CCN(Cc1ccccc1)C(=O)C1N(CCCCCCO)C(=O)[C@@H]2[C@@H](C(=O)OCC)[C@@]3(C)CCC12S3. The van der Waals surface area contributed by atoms with Crippen molar-refractivity contribution in [3.63, 3.8) is 0 Å². The molecule has 3 fully saturated rings. The van der Waals surface area contributed by atoms with Gasteiger partial charge in [-0.1, -0.05) is 49.2 Å². The second-order valence-electron chi connectivity index (χ2n) is 10.6. The number of aliphatic hydroxyl groups is 1. The molecule has 202 valence electrons. The molecule has 3 heterocycles. The van der Waals surface area contributed by atoms with Crippen LogP contribution in [0, 0.1) is 11.8 Å². The molecule has 0 saturated carbocycles. The first-order valence-corrected chi connectivity index (χ1v) is 14.4. The first-order valence-electron chi connectivity index (χ1n) is 13.5. The summed E-state index contributed by atoms with van der Waals surface area (Å²) >= 11 is 1.68. The second kappa shape index (κ2) is 11.6. The van der Waals surface area contributed by atoms with Gasteiger partial charge in [-0.3, -0.25) is 14.4 Å². The van der Waals surface area contributed by atoms with Crippen molar-refractivity contribution in [3.05, 3.63) is 48.6 Å².